The van der Waals surface area contributed by atoms with Crippen LogP contribution in [0.3, 0.4) is 0 Å². The van der Waals surface area contributed by atoms with E-state index in [-0.39, 0.29) is 30.4 Å². The third kappa shape index (κ3) is 2.70. The number of carbonyl (C=O) groups is 2. The van der Waals surface area contributed by atoms with E-state index in [1.54, 1.807) is 18.1 Å². The van der Waals surface area contributed by atoms with Gasteiger partial charge in [0.2, 0.25) is 0 Å². The lowest BCUT2D eigenvalue weighted by Gasteiger charge is -2.43. The van der Waals surface area contributed by atoms with E-state index in [4.69, 9.17) is 14.2 Å². The Hall–Kier alpha value is -3.90. The number of carbonyl (C=O) groups excluding carboxylic acids is 2. The van der Waals surface area contributed by atoms with Crippen molar-refractivity contribution in [1.82, 2.24) is 4.90 Å². The van der Waals surface area contributed by atoms with Crippen molar-refractivity contribution in [3.63, 3.8) is 0 Å². The van der Waals surface area contributed by atoms with Crippen molar-refractivity contribution in [3.8, 4) is 5.75 Å². The summed E-state index contributed by atoms with van der Waals surface area (Å²) >= 11 is 0. The Morgan fingerprint density at radius 3 is 2.42 bits per heavy atom. The molecule has 2 saturated heterocycles. The smallest absolute Gasteiger partial charge is 0.317 e. The summed E-state index contributed by atoms with van der Waals surface area (Å²) in [6.07, 6.45) is -0.335. The Morgan fingerprint density at radius 1 is 0.972 bits per heavy atom. The van der Waals surface area contributed by atoms with Crippen LogP contribution in [0.15, 0.2) is 85.4 Å². The molecule has 0 spiro atoms. The lowest BCUT2D eigenvalue weighted by molar-refractivity contribution is -0.163. The minimum absolute atomic E-state index is 0.164. The molecule has 0 radical (unpaired) electrons. The molecule has 2 bridgehead atoms. The van der Waals surface area contributed by atoms with Crippen LogP contribution in [0, 0.1) is 11.3 Å². The second kappa shape index (κ2) is 8.07. The highest BCUT2D eigenvalue weighted by molar-refractivity contribution is 6.19. The predicted molar refractivity (Wildman–Crippen MR) is 134 cm³/mol. The summed E-state index contributed by atoms with van der Waals surface area (Å²) in [6.45, 7) is 4.63. The van der Waals surface area contributed by atoms with Gasteiger partial charge in [0.1, 0.15) is 16.8 Å². The van der Waals surface area contributed by atoms with E-state index in [1.807, 2.05) is 66.7 Å². The van der Waals surface area contributed by atoms with Gasteiger partial charge in [-0.15, -0.1) is 0 Å². The Balaban J connectivity index is 1.49. The molecular weight excluding hydrogens is 454 g/mol. The standard InChI is InChI=1S/C30H27NO5/c1-19(21-13-8-10-16-25(21)34-2)27(32)31-17-24-26-22-14-7-9-15-23(22)30(36-26,20-11-5-4-6-12-20)29(24,18-31)28(33)35-3/h4-16,24,26H,1,17-18H2,2-3H3/t24-,26-,29-,30+/m1/s1. The van der Waals surface area contributed by atoms with Gasteiger partial charge < -0.3 is 19.1 Å². The number of likely N-dealkylation sites (tertiary alicyclic amines) is 1. The van der Waals surface area contributed by atoms with Crippen LogP contribution in [0.25, 0.3) is 5.57 Å². The summed E-state index contributed by atoms with van der Waals surface area (Å²) in [5, 5.41) is 0. The number of benzene rings is 3. The van der Waals surface area contributed by atoms with Crippen molar-refractivity contribution < 1.29 is 23.8 Å². The summed E-state index contributed by atoms with van der Waals surface area (Å²) in [6, 6.07) is 25.2. The van der Waals surface area contributed by atoms with Gasteiger partial charge in [-0.2, -0.15) is 0 Å². The van der Waals surface area contributed by atoms with E-state index in [1.165, 1.54) is 7.11 Å². The minimum atomic E-state index is -1.10. The second-order valence-electron chi connectivity index (χ2n) is 9.61. The zero-order valence-electron chi connectivity index (χ0n) is 20.3. The third-order valence-corrected chi connectivity index (χ3v) is 8.14. The van der Waals surface area contributed by atoms with Crippen LogP contribution in [0.4, 0.5) is 0 Å². The first-order valence-corrected chi connectivity index (χ1v) is 12.0. The Morgan fingerprint density at radius 2 is 1.67 bits per heavy atom. The molecule has 2 fully saturated rings. The van der Waals surface area contributed by atoms with Gasteiger partial charge in [0.25, 0.3) is 5.91 Å². The monoisotopic (exact) mass is 481 g/mol. The van der Waals surface area contributed by atoms with Gasteiger partial charge in [-0.1, -0.05) is 79.4 Å². The molecule has 3 aliphatic heterocycles. The minimum Gasteiger partial charge on any atom is -0.496 e. The fourth-order valence-corrected chi connectivity index (χ4v) is 6.68. The van der Waals surface area contributed by atoms with Crippen LogP contribution in [-0.2, 0) is 24.7 Å². The fourth-order valence-electron chi connectivity index (χ4n) is 6.68. The maximum absolute atomic E-state index is 13.8. The van der Waals surface area contributed by atoms with Gasteiger partial charge in [-0.05, 0) is 22.8 Å². The highest BCUT2D eigenvalue weighted by atomic mass is 16.6. The number of methoxy groups -OCH3 is 2. The number of hydrogen-bond donors (Lipinski definition) is 0. The number of nitrogens with zero attached hydrogens (tertiary/aromatic N) is 1. The van der Waals surface area contributed by atoms with Crippen LogP contribution in [-0.4, -0.2) is 44.1 Å². The van der Waals surface area contributed by atoms with Gasteiger partial charge in [-0.3, -0.25) is 9.59 Å². The largest absolute Gasteiger partial charge is 0.496 e. The Kier molecular flexibility index (Phi) is 5.05. The van der Waals surface area contributed by atoms with E-state index in [9.17, 15) is 9.59 Å². The van der Waals surface area contributed by atoms with Gasteiger partial charge in [0.15, 0.2) is 0 Å². The molecule has 0 aromatic heterocycles. The SMILES string of the molecule is C=C(C(=O)N1C[C@@H]2[C@@H]3O[C@@](c4ccccc4)(c4ccccc43)[C@]2(C(=O)OC)C1)c1ccccc1OC. The highest BCUT2D eigenvalue weighted by Crippen LogP contribution is 2.71. The van der Waals surface area contributed by atoms with Gasteiger partial charge >= 0.3 is 5.97 Å². The third-order valence-electron chi connectivity index (χ3n) is 8.14. The molecule has 0 saturated carbocycles. The number of para-hydroxylation sites is 1. The first-order chi connectivity index (χ1) is 17.5. The van der Waals surface area contributed by atoms with Crippen molar-refractivity contribution in [1.29, 1.82) is 0 Å². The molecule has 3 heterocycles. The summed E-state index contributed by atoms with van der Waals surface area (Å²) in [4.78, 5) is 29.4. The first-order valence-electron chi connectivity index (χ1n) is 12.0. The average Bonchev–Trinajstić information content (AvgIpc) is 3.59. The number of rotatable bonds is 5. The summed E-state index contributed by atoms with van der Waals surface area (Å²) in [5.41, 5.74) is 1.70. The van der Waals surface area contributed by atoms with Crippen LogP contribution in [0.5, 0.6) is 5.75 Å². The quantitative estimate of drug-likeness (QED) is 0.400. The van der Waals surface area contributed by atoms with Crippen molar-refractivity contribution in [2.45, 2.75) is 11.7 Å². The van der Waals surface area contributed by atoms with E-state index in [0.29, 0.717) is 23.4 Å². The number of hydrogen-bond acceptors (Lipinski definition) is 5. The van der Waals surface area contributed by atoms with E-state index >= 15 is 0 Å². The molecular formula is C30H27NO5. The molecule has 1 amide bonds. The lowest BCUT2D eigenvalue weighted by Crippen LogP contribution is -2.54. The number of ether oxygens (including phenoxy) is 3. The number of esters is 1. The van der Waals surface area contributed by atoms with Gasteiger partial charge in [0, 0.05) is 30.1 Å². The molecule has 3 aliphatic rings. The summed E-state index contributed by atoms with van der Waals surface area (Å²) < 4.78 is 17.8. The second-order valence-corrected chi connectivity index (χ2v) is 9.61. The molecule has 3 aromatic rings. The number of fused-ring (bicyclic) bond motifs is 8. The van der Waals surface area contributed by atoms with E-state index < -0.39 is 11.0 Å². The molecule has 6 nitrogen and oxygen atoms in total. The number of amides is 1. The molecule has 0 unspecified atom stereocenters. The molecule has 0 aliphatic carbocycles. The van der Waals surface area contributed by atoms with Crippen LogP contribution >= 0.6 is 0 Å². The predicted octanol–water partition coefficient (Wildman–Crippen LogP) is 4.35. The van der Waals surface area contributed by atoms with E-state index in [2.05, 4.69) is 12.6 Å². The summed E-state index contributed by atoms with van der Waals surface area (Å²) in [7, 11) is 2.97. The molecule has 36 heavy (non-hydrogen) atoms. The van der Waals surface area contributed by atoms with Gasteiger partial charge in [-0.25, -0.2) is 0 Å². The van der Waals surface area contributed by atoms with Crippen molar-refractivity contribution >= 4 is 17.4 Å². The normalized spacial score (nSPS) is 27.3. The fraction of sp³-hybridized carbons (Fsp3) is 0.267. The topological polar surface area (TPSA) is 65.1 Å². The molecule has 4 atom stereocenters. The highest BCUT2D eigenvalue weighted by Gasteiger charge is 2.78. The molecule has 3 aromatic carbocycles. The Labute approximate surface area is 210 Å². The zero-order valence-corrected chi connectivity index (χ0v) is 20.3. The molecule has 6 rings (SSSR count). The maximum Gasteiger partial charge on any atom is 0.317 e. The lowest BCUT2D eigenvalue weighted by atomic mass is 9.57. The van der Waals surface area contributed by atoms with Crippen molar-refractivity contribution in [2.75, 3.05) is 27.3 Å². The Bertz CT molecular complexity index is 1380. The van der Waals surface area contributed by atoms with Crippen LogP contribution in [0.1, 0.15) is 28.4 Å². The van der Waals surface area contributed by atoms with Crippen molar-refractivity contribution in [2.24, 2.45) is 11.3 Å². The zero-order chi connectivity index (χ0) is 25.1. The van der Waals surface area contributed by atoms with Crippen LogP contribution < -0.4 is 4.74 Å². The van der Waals surface area contributed by atoms with Crippen LogP contribution in [0.2, 0.25) is 0 Å². The molecule has 6 heteroatoms. The van der Waals surface area contributed by atoms with Gasteiger partial charge in [0.05, 0.1) is 20.3 Å². The van der Waals surface area contributed by atoms with Crippen molar-refractivity contribution in [3.05, 3.63) is 108 Å². The van der Waals surface area contributed by atoms with E-state index in [0.717, 1.165) is 16.7 Å². The first kappa shape index (κ1) is 22.6. The maximum atomic E-state index is 13.8. The molecule has 0 N–H and O–H groups in total. The summed E-state index contributed by atoms with van der Waals surface area (Å²) in [5.74, 6) is -0.292. The average molecular weight is 482 g/mol. The molecule has 182 valence electrons.